The quantitative estimate of drug-likeness (QED) is 0.316. The van der Waals surface area contributed by atoms with Crippen molar-refractivity contribution in [1.82, 2.24) is 0 Å². The topological polar surface area (TPSA) is 0 Å². The zero-order valence-electron chi connectivity index (χ0n) is 22.2. The molecule has 3 aromatic carbocycles. The summed E-state index contributed by atoms with van der Waals surface area (Å²) in [5.74, 6) is 1.77. The van der Waals surface area contributed by atoms with Crippen molar-refractivity contribution in [3.63, 3.8) is 0 Å². The second kappa shape index (κ2) is 14.0. The molecule has 0 fully saturated rings. The van der Waals surface area contributed by atoms with Gasteiger partial charge in [-0.1, -0.05) is 112 Å². The summed E-state index contributed by atoms with van der Waals surface area (Å²) in [6, 6.07) is 18.9. The molecule has 0 aromatic heterocycles. The molecule has 3 rings (SSSR count). The molecule has 0 unspecified atom stereocenters. The van der Waals surface area contributed by atoms with Crippen molar-refractivity contribution in [3.8, 4) is 0 Å². The molecule has 0 N–H and O–H groups in total. The van der Waals surface area contributed by atoms with E-state index in [1.165, 1.54) is 43.4 Å². The first-order valence-electron chi connectivity index (χ1n) is 11.9. The summed E-state index contributed by atoms with van der Waals surface area (Å²) in [5, 5.41) is 0.889. The van der Waals surface area contributed by atoms with Gasteiger partial charge >= 0.3 is 0 Å². The fourth-order valence-corrected chi connectivity index (χ4v) is 5.85. The predicted octanol–water partition coefficient (Wildman–Crippen LogP) is 11.1. The average Bonchev–Trinajstić information content (AvgIpc) is 2.68. The van der Waals surface area contributed by atoms with Crippen molar-refractivity contribution in [2.45, 2.75) is 87.0 Å². The van der Waals surface area contributed by atoms with Gasteiger partial charge in [0.25, 0.3) is 0 Å². The summed E-state index contributed by atoms with van der Waals surface area (Å²) in [6.45, 7) is 21.9. The van der Waals surface area contributed by atoms with Gasteiger partial charge in [0.1, 0.15) is 0 Å². The highest BCUT2D eigenvalue weighted by Gasteiger charge is 2.07. The summed E-state index contributed by atoms with van der Waals surface area (Å²) in [5.41, 5.74) is 9.69. The highest BCUT2D eigenvalue weighted by Crippen LogP contribution is 2.28. The summed E-state index contributed by atoms with van der Waals surface area (Å²) in [7, 11) is 0. The van der Waals surface area contributed by atoms with Crippen molar-refractivity contribution < 1.29 is 0 Å². The lowest BCUT2D eigenvalue weighted by Crippen LogP contribution is -1.94. The van der Waals surface area contributed by atoms with Crippen LogP contribution in [0.5, 0.6) is 0 Å². The van der Waals surface area contributed by atoms with Crippen LogP contribution in [0.1, 0.15) is 98.2 Å². The van der Waals surface area contributed by atoms with Crippen molar-refractivity contribution in [2.75, 3.05) is 0 Å². The Morgan fingerprint density at radius 1 is 0.515 bits per heavy atom. The van der Waals surface area contributed by atoms with E-state index in [2.05, 4.69) is 128 Å². The van der Waals surface area contributed by atoms with E-state index in [0.29, 0.717) is 17.8 Å². The Bertz CT molecular complexity index is 823. The van der Waals surface area contributed by atoms with Crippen molar-refractivity contribution >= 4 is 27.5 Å². The maximum atomic E-state index is 6.02. The van der Waals surface area contributed by atoms with Crippen LogP contribution >= 0.6 is 27.5 Å². The van der Waals surface area contributed by atoms with Gasteiger partial charge in [-0.15, -0.1) is 0 Å². The van der Waals surface area contributed by atoms with E-state index >= 15 is 0 Å². The molecule has 0 aliphatic heterocycles. The second-order valence-corrected chi connectivity index (χ2v) is 11.0. The van der Waals surface area contributed by atoms with E-state index in [-0.39, 0.29) is 0 Å². The first-order valence-corrected chi connectivity index (χ1v) is 13.1. The van der Waals surface area contributed by atoms with E-state index in [0.717, 1.165) is 5.02 Å². The Hall–Kier alpha value is -1.57. The normalized spacial score (nSPS) is 10.6. The fourth-order valence-electron chi connectivity index (χ4n) is 4.49. The lowest BCUT2D eigenvalue weighted by molar-refractivity contribution is 0.846. The first-order chi connectivity index (χ1) is 15.4. The van der Waals surface area contributed by atoms with Crippen LogP contribution in [-0.2, 0) is 0 Å². The molecule has 0 saturated heterocycles. The lowest BCUT2D eigenvalue weighted by atomic mass is 9.94. The summed E-state index contributed by atoms with van der Waals surface area (Å²) < 4.78 is 1.23. The number of benzene rings is 3. The Morgan fingerprint density at radius 3 is 1.12 bits per heavy atom. The standard InChI is InChI=1S/C11H16.C10H13Br.C10H13Cl/c1-8(2)11-9(3)6-5-7-10(11)4;2*1-7(2)10-8(3)5-4-6-9(10)11/h5-8H,1-4H3;2*4-7H,1-3H3. The zero-order chi connectivity index (χ0) is 25.3. The van der Waals surface area contributed by atoms with E-state index in [1.807, 2.05) is 12.1 Å². The Balaban J connectivity index is 0.000000247. The predicted molar refractivity (Wildman–Crippen MR) is 153 cm³/mol. The number of rotatable bonds is 3. The van der Waals surface area contributed by atoms with Crippen LogP contribution in [0.25, 0.3) is 0 Å². The first kappa shape index (κ1) is 29.5. The van der Waals surface area contributed by atoms with E-state index in [4.69, 9.17) is 11.6 Å². The third-order valence-electron chi connectivity index (χ3n) is 5.82. The van der Waals surface area contributed by atoms with Gasteiger partial charge in [-0.3, -0.25) is 0 Å². The van der Waals surface area contributed by atoms with Gasteiger partial charge in [-0.25, -0.2) is 0 Å². The maximum absolute atomic E-state index is 6.02. The van der Waals surface area contributed by atoms with Gasteiger partial charge in [-0.2, -0.15) is 0 Å². The van der Waals surface area contributed by atoms with Gasteiger partial charge in [0.05, 0.1) is 0 Å². The fraction of sp³-hybridized carbons (Fsp3) is 0.419. The highest BCUT2D eigenvalue weighted by atomic mass is 79.9. The molecule has 3 aromatic rings. The number of halogens is 2. The van der Waals surface area contributed by atoms with Gasteiger partial charge in [-0.05, 0) is 96.5 Å². The van der Waals surface area contributed by atoms with Gasteiger partial charge in [0.2, 0.25) is 0 Å². The second-order valence-electron chi connectivity index (χ2n) is 9.71. The van der Waals surface area contributed by atoms with E-state index in [1.54, 1.807) is 0 Å². The van der Waals surface area contributed by atoms with Crippen LogP contribution in [-0.4, -0.2) is 0 Å². The van der Waals surface area contributed by atoms with E-state index < -0.39 is 0 Å². The summed E-state index contributed by atoms with van der Waals surface area (Å²) >= 11 is 9.57. The number of hydrogen-bond acceptors (Lipinski definition) is 0. The molecule has 0 aliphatic rings. The molecule has 0 radical (unpaired) electrons. The zero-order valence-corrected chi connectivity index (χ0v) is 24.5. The van der Waals surface area contributed by atoms with Crippen LogP contribution in [0.2, 0.25) is 5.02 Å². The van der Waals surface area contributed by atoms with Gasteiger partial charge < -0.3 is 0 Å². The molecule has 0 bridgehead atoms. The molecule has 0 heterocycles. The molecular formula is C31H42BrCl. The molecule has 0 aliphatic carbocycles. The molecule has 33 heavy (non-hydrogen) atoms. The van der Waals surface area contributed by atoms with Gasteiger partial charge in [0.15, 0.2) is 0 Å². The molecule has 0 nitrogen and oxygen atoms in total. The Morgan fingerprint density at radius 2 is 0.848 bits per heavy atom. The molecule has 180 valence electrons. The monoisotopic (exact) mass is 528 g/mol. The van der Waals surface area contributed by atoms with Crippen LogP contribution in [0.3, 0.4) is 0 Å². The number of hydrogen-bond donors (Lipinski definition) is 0. The largest absolute Gasteiger partial charge is 0.0840 e. The molecule has 0 atom stereocenters. The lowest BCUT2D eigenvalue weighted by Gasteiger charge is -2.12. The smallest absolute Gasteiger partial charge is 0.0443 e. The minimum Gasteiger partial charge on any atom is -0.0840 e. The highest BCUT2D eigenvalue weighted by molar-refractivity contribution is 9.10. The van der Waals surface area contributed by atoms with Gasteiger partial charge in [0, 0.05) is 9.50 Å². The van der Waals surface area contributed by atoms with Crippen molar-refractivity contribution in [2.24, 2.45) is 0 Å². The minimum atomic E-state index is 0.517. The summed E-state index contributed by atoms with van der Waals surface area (Å²) in [4.78, 5) is 0. The van der Waals surface area contributed by atoms with E-state index in [9.17, 15) is 0 Å². The summed E-state index contributed by atoms with van der Waals surface area (Å²) in [6.07, 6.45) is 0. The third-order valence-corrected chi connectivity index (χ3v) is 6.84. The molecule has 0 amide bonds. The maximum Gasteiger partial charge on any atom is 0.0443 e. The average molecular weight is 530 g/mol. The Labute approximate surface area is 216 Å². The molecule has 2 heteroatoms. The minimum absolute atomic E-state index is 0.517. The SMILES string of the molecule is Cc1cccc(Br)c1C(C)C.Cc1cccc(C)c1C(C)C.Cc1cccc(Cl)c1C(C)C. The van der Waals surface area contributed by atoms with Crippen LogP contribution in [0.4, 0.5) is 0 Å². The van der Waals surface area contributed by atoms with Crippen molar-refractivity contribution in [3.05, 3.63) is 103 Å². The Kier molecular flexibility index (Phi) is 12.5. The third kappa shape index (κ3) is 8.95. The molecule has 0 saturated carbocycles. The molecular weight excluding hydrogens is 488 g/mol. The van der Waals surface area contributed by atoms with Crippen LogP contribution in [0.15, 0.2) is 59.1 Å². The van der Waals surface area contributed by atoms with Crippen LogP contribution in [0, 0.1) is 27.7 Å². The van der Waals surface area contributed by atoms with Crippen LogP contribution < -0.4 is 0 Å². The molecule has 0 spiro atoms. The number of aryl methyl sites for hydroxylation is 4. The van der Waals surface area contributed by atoms with Crippen molar-refractivity contribution in [1.29, 1.82) is 0 Å².